The number of thiophene rings is 1. The molecule has 2 aromatic heterocycles. The van der Waals surface area contributed by atoms with E-state index in [9.17, 15) is 0 Å². The van der Waals surface area contributed by atoms with E-state index in [1.165, 1.54) is 15.8 Å². The number of para-hydroxylation sites is 1. The van der Waals surface area contributed by atoms with E-state index in [0.717, 1.165) is 22.1 Å². The highest BCUT2D eigenvalue weighted by atomic mass is 79.9. The Morgan fingerprint density at radius 3 is 2.81 bits per heavy atom. The Kier molecular flexibility index (Phi) is 4.38. The number of hydrogen-bond acceptors (Lipinski definition) is 3. The SMILES string of the molecule is CNC(Cc1cc(Br)cs1)c1cc(C)c2ccccc2n1. The number of likely N-dealkylation sites (N-methyl/N-ethyl adjacent to an activating group) is 1. The molecule has 2 heterocycles. The number of rotatable bonds is 4. The van der Waals surface area contributed by atoms with Crippen LogP contribution in [0.15, 0.2) is 46.3 Å². The van der Waals surface area contributed by atoms with Gasteiger partial charge in [-0.15, -0.1) is 11.3 Å². The van der Waals surface area contributed by atoms with Gasteiger partial charge in [0.15, 0.2) is 0 Å². The first kappa shape index (κ1) is 14.7. The van der Waals surface area contributed by atoms with Gasteiger partial charge in [0.1, 0.15) is 0 Å². The summed E-state index contributed by atoms with van der Waals surface area (Å²) < 4.78 is 1.15. The van der Waals surface area contributed by atoms with E-state index in [2.05, 4.69) is 63.9 Å². The van der Waals surface area contributed by atoms with Crippen molar-refractivity contribution in [1.29, 1.82) is 0 Å². The molecule has 1 atom stereocenters. The maximum Gasteiger partial charge on any atom is 0.0708 e. The quantitative estimate of drug-likeness (QED) is 0.717. The molecule has 0 fully saturated rings. The maximum absolute atomic E-state index is 4.84. The van der Waals surface area contributed by atoms with E-state index in [1.54, 1.807) is 11.3 Å². The summed E-state index contributed by atoms with van der Waals surface area (Å²) in [4.78, 5) is 6.20. The molecule has 1 unspecified atom stereocenters. The Hall–Kier alpha value is -1.23. The fourth-order valence-corrected chi connectivity index (χ4v) is 4.07. The van der Waals surface area contributed by atoms with Crippen molar-refractivity contribution in [3.63, 3.8) is 0 Å². The van der Waals surface area contributed by atoms with Crippen molar-refractivity contribution in [1.82, 2.24) is 10.3 Å². The van der Waals surface area contributed by atoms with Crippen LogP contribution in [0.1, 0.15) is 22.2 Å². The van der Waals surface area contributed by atoms with Crippen molar-refractivity contribution in [2.45, 2.75) is 19.4 Å². The number of fused-ring (bicyclic) bond motifs is 1. The van der Waals surface area contributed by atoms with E-state index in [4.69, 9.17) is 4.98 Å². The Balaban J connectivity index is 1.96. The molecule has 0 radical (unpaired) electrons. The number of nitrogens with zero attached hydrogens (tertiary/aromatic N) is 1. The molecule has 0 saturated carbocycles. The van der Waals surface area contributed by atoms with Crippen LogP contribution in [0.2, 0.25) is 0 Å². The molecular formula is C17H17BrN2S. The fraction of sp³-hybridized carbons (Fsp3) is 0.235. The van der Waals surface area contributed by atoms with Gasteiger partial charge in [-0.05, 0) is 53.7 Å². The Bertz CT molecular complexity index is 766. The Morgan fingerprint density at radius 2 is 2.10 bits per heavy atom. The van der Waals surface area contributed by atoms with E-state index in [-0.39, 0.29) is 6.04 Å². The third-order valence-electron chi connectivity index (χ3n) is 3.68. The molecular weight excluding hydrogens is 344 g/mol. The monoisotopic (exact) mass is 360 g/mol. The van der Waals surface area contributed by atoms with Gasteiger partial charge >= 0.3 is 0 Å². The lowest BCUT2D eigenvalue weighted by Gasteiger charge is -2.16. The molecule has 1 N–H and O–H groups in total. The summed E-state index contributed by atoms with van der Waals surface area (Å²) in [5.41, 5.74) is 3.46. The van der Waals surface area contributed by atoms with Gasteiger partial charge in [-0.1, -0.05) is 18.2 Å². The summed E-state index contributed by atoms with van der Waals surface area (Å²) in [7, 11) is 2.00. The molecule has 0 aliphatic rings. The molecule has 3 aromatic rings. The zero-order valence-corrected chi connectivity index (χ0v) is 14.5. The number of hydrogen-bond donors (Lipinski definition) is 1. The van der Waals surface area contributed by atoms with Crippen LogP contribution in [-0.4, -0.2) is 12.0 Å². The normalized spacial score (nSPS) is 12.7. The zero-order valence-electron chi connectivity index (χ0n) is 12.1. The van der Waals surface area contributed by atoms with Crippen LogP contribution in [0.3, 0.4) is 0 Å². The first-order chi connectivity index (χ1) is 10.2. The molecule has 0 aliphatic carbocycles. The Morgan fingerprint density at radius 1 is 1.29 bits per heavy atom. The van der Waals surface area contributed by atoms with Gasteiger partial charge in [-0.25, -0.2) is 0 Å². The number of aryl methyl sites for hydroxylation is 1. The van der Waals surface area contributed by atoms with E-state index in [0.29, 0.717) is 0 Å². The number of halogens is 1. The molecule has 0 amide bonds. The smallest absolute Gasteiger partial charge is 0.0708 e. The number of aromatic nitrogens is 1. The zero-order chi connectivity index (χ0) is 14.8. The van der Waals surface area contributed by atoms with Gasteiger partial charge in [0.25, 0.3) is 0 Å². The number of pyridine rings is 1. The fourth-order valence-electron chi connectivity index (χ4n) is 2.57. The standard InChI is InChI=1S/C17H17BrN2S/c1-11-7-17(20-15-6-4-3-5-14(11)15)16(19-2)9-13-8-12(18)10-21-13/h3-8,10,16,19H,9H2,1-2H3. The molecule has 0 aliphatic heterocycles. The van der Waals surface area contributed by atoms with Gasteiger partial charge in [0.2, 0.25) is 0 Å². The number of benzene rings is 1. The van der Waals surface area contributed by atoms with Crippen molar-refractivity contribution >= 4 is 38.2 Å². The maximum atomic E-state index is 4.84. The second kappa shape index (κ2) is 6.26. The lowest BCUT2D eigenvalue weighted by atomic mass is 10.0. The minimum absolute atomic E-state index is 0.235. The molecule has 21 heavy (non-hydrogen) atoms. The first-order valence-corrected chi connectivity index (χ1v) is 8.61. The highest BCUT2D eigenvalue weighted by Gasteiger charge is 2.14. The van der Waals surface area contributed by atoms with E-state index < -0.39 is 0 Å². The molecule has 4 heteroatoms. The van der Waals surface area contributed by atoms with Crippen LogP contribution in [-0.2, 0) is 6.42 Å². The Labute approximate surface area is 137 Å². The predicted molar refractivity (Wildman–Crippen MR) is 94.0 cm³/mol. The van der Waals surface area contributed by atoms with Gasteiger partial charge in [0.05, 0.1) is 17.3 Å². The summed E-state index contributed by atoms with van der Waals surface area (Å²) in [5, 5.41) is 6.75. The predicted octanol–water partition coefficient (Wildman–Crippen LogP) is 4.87. The average Bonchev–Trinajstić information content (AvgIpc) is 2.90. The molecule has 0 bridgehead atoms. The van der Waals surface area contributed by atoms with E-state index >= 15 is 0 Å². The third kappa shape index (κ3) is 3.18. The van der Waals surface area contributed by atoms with Crippen molar-refractivity contribution in [3.8, 4) is 0 Å². The summed E-state index contributed by atoms with van der Waals surface area (Å²) in [5.74, 6) is 0. The van der Waals surface area contributed by atoms with E-state index in [1.807, 2.05) is 13.1 Å². The lowest BCUT2D eigenvalue weighted by Crippen LogP contribution is -2.19. The second-order valence-electron chi connectivity index (χ2n) is 5.16. The first-order valence-electron chi connectivity index (χ1n) is 6.94. The molecule has 0 spiro atoms. The summed E-state index contributed by atoms with van der Waals surface area (Å²) in [6.45, 7) is 2.15. The summed E-state index contributed by atoms with van der Waals surface area (Å²) >= 11 is 5.30. The molecule has 3 rings (SSSR count). The van der Waals surface area contributed by atoms with Crippen LogP contribution >= 0.6 is 27.3 Å². The summed E-state index contributed by atoms with van der Waals surface area (Å²) in [6, 6.07) is 12.9. The summed E-state index contributed by atoms with van der Waals surface area (Å²) in [6.07, 6.45) is 0.956. The van der Waals surface area contributed by atoms with Crippen molar-refractivity contribution in [2.75, 3.05) is 7.05 Å². The largest absolute Gasteiger partial charge is 0.311 e. The molecule has 2 nitrogen and oxygen atoms in total. The van der Waals surface area contributed by atoms with Crippen LogP contribution in [0.5, 0.6) is 0 Å². The van der Waals surface area contributed by atoms with Gasteiger partial charge in [-0.3, -0.25) is 4.98 Å². The van der Waals surface area contributed by atoms with Crippen molar-refractivity contribution in [2.24, 2.45) is 0 Å². The van der Waals surface area contributed by atoms with Gasteiger partial charge in [0, 0.05) is 26.5 Å². The van der Waals surface area contributed by atoms with Gasteiger partial charge in [-0.2, -0.15) is 0 Å². The molecule has 108 valence electrons. The van der Waals surface area contributed by atoms with Crippen LogP contribution in [0.25, 0.3) is 10.9 Å². The molecule has 1 aromatic carbocycles. The van der Waals surface area contributed by atoms with Gasteiger partial charge < -0.3 is 5.32 Å². The highest BCUT2D eigenvalue weighted by Crippen LogP contribution is 2.27. The molecule has 0 saturated heterocycles. The van der Waals surface area contributed by atoms with Crippen LogP contribution < -0.4 is 5.32 Å². The average molecular weight is 361 g/mol. The minimum Gasteiger partial charge on any atom is -0.311 e. The lowest BCUT2D eigenvalue weighted by molar-refractivity contribution is 0.582. The second-order valence-corrected chi connectivity index (χ2v) is 7.07. The topological polar surface area (TPSA) is 24.9 Å². The van der Waals surface area contributed by atoms with Crippen LogP contribution in [0.4, 0.5) is 0 Å². The van der Waals surface area contributed by atoms with Crippen molar-refractivity contribution < 1.29 is 0 Å². The van der Waals surface area contributed by atoms with Crippen molar-refractivity contribution in [3.05, 3.63) is 62.4 Å². The third-order valence-corrected chi connectivity index (χ3v) is 5.40. The van der Waals surface area contributed by atoms with Crippen LogP contribution in [0, 0.1) is 6.92 Å². The highest BCUT2D eigenvalue weighted by molar-refractivity contribution is 9.10. The minimum atomic E-state index is 0.235. The number of nitrogens with one attached hydrogen (secondary N) is 1.